The monoisotopic (exact) mass is 727 g/mol. The number of fused-ring (bicyclic) bond motifs is 10. The first-order valence-electron chi connectivity index (χ1n) is 20.0. The van der Waals surface area contributed by atoms with Gasteiger partial charge in [0.25, 0.3) is 0 Å². The van der Waals surface area contributed by atoms with Crippen LogP contribution in [0.4, 0.5) is 17.1 Å². The minimum absolute atomic E-state index is 0.117. The molecule has 9 aromatic rings. The van der Waals surface area contributed by atoms with Gasteiger partial charge in [-0.05, 0) is 120 Å². The molecule has 2 aliphatic rings. The Morgan fingerprint density at radius 1 is 0.298 bits per heavy atom. The molecule has 2 aliphatic carbocycles. The average Bonchev–Trinajstić information content (AvgIpc) is 3.56. The number of hydrogen-bond acceptors (Lipinski definition) is 1. The van der Waals surface area contributed by atoms with Crippen LogP contribution in [0, 0.1) is 0 Å². The van der Waals surface area contributed by atoms with Crippen LogP contribution in [0.15, 0.2) is 212 Å². The van der Waals surface area contributed by atoms with Crippen LogP contribution in [-0.2, 0) is 10.8 Å². The normalized spacial score (nSPS) is 14.1. The second kappa shape index (κ2) is 12.8. The van der Waals surface area contributed by atoms with Crippen LogP contribution in [0.5, 0.6) is 0 Å². The Labute approximate surface area is 335 Å². The van der Waals surface area contributed by atoms with Crippen LogP contribution in [-0.4, -0.2) is 0 Å². The standard InChI is InChI=1S/C56H41N/c1-55(2)50-23-10-12-25-52(50)56(53-26-13-11-24-51(53)55)49-22-9-8-21-47(49)48-34-32-43(37-54(48)56)40-29-27-39(28-30-40)42-17-14-20-45(35-42)57(44-18-4-3-5-19-44)46-33-31-38-15-6-7-16-41(38)36-46/h3-37H,1-2H3. The predicted molar refractivity (Wildman–Crippen MR) is 239 cm³/mol. The van der Waals surface area contributed by atoms with E-state index in [2.05, 4.69) is 231 Å². The number of para-hydroxylation sites is 1. The highest BCUT2D eigenvalue weighted by Crippen LogP contribution is 2.62. The summed E-state index contributed by atoms with van der Waals surface area (Å²) in [6.07, 6.45) is 0. The Kier molecular flexibility index (Phi) is 7.50. The number of nitrogens with zero attached hydrogens (tertiary/aromatic N) is 1. The summed E-state index contributed by atoms with van der Waals surface area (Å²) in [5, 5.41) is 2.47. The first kappa shape index (κ1) is 33.4. The summed E-state index contributed by atoms with van der Waals surface area (Å²) in [6, 6.07) is 78.6. The van der Waals surface area contributed by atoms with Gasteiger partial charge >= 0.3 is 0 Å². The van der Waals surface area contributed by atoms with Crippen molar-refractivity contribution >= 4 is 27.8 Å². The Bertz CT molecular complexity index is 2940. The highest BCUT2D eigenvalue weighted by atomic mass is 15.1. The molecule has 1 heteroatoms. The average molecular weight is 728 g/mol. The van der Waals surface area contributed by atoms with Crippen LogP contribution >= 0.6 is 0 Å². The van der Waals surface area contributed by atoms with Crippen molar-refractivity contribution in [1.82, 2.24) is 0 Å². The molecular formula is C56H41N. The van der Waals surface area contributed by atoms with Crippen molar-refractivity contribution in [3.05, 3.63) is 246 Å². The zero-order chi connectivity index (χ0) is 38.1. The lowest BCUT2D eigenvalue weighted by Crippen LogP contribution is -2.40. The van der Waals surface area contributed by atoms with Gasteiger partial charge in [-0.2, -0.15) is 0 Å². The van der Waals surface area contributed by atoms with E-state index in [1.54, 1.807) is 0 Å². The van der Waals surface area contributed by atoms with Gasteiger partial charge in [0.1, 0.15) is 0 Å². The van der Waals surface area contributed by atoms with Crippen LogP contribution in [0.25, 0.3) is 44.2 Å². The second-order valence-electron chi connectivity index (χ2n) is 16.1. The molecular weight excluding hydrogens is 687 g/mol. The third-order valence-corrected chi connectivity index (χ3v) is 12.7. The molecule has 0 aliphatic heterocycles. The quantitative estimate of drug-likeness (QED) is 0.171. The van der Waals surface area contributed by atoms with Gasteiger partial charge in [0.2, 0.25) is 0 Å². The van der Waals surface area contributed by atoms with Gasteiger partial charge in [-0.3, -0.25) is 0 Å². The summed E-state index contributed by atoms with van der Waals surface area (Å²) in [5.41, 5.74) is 18.6. The molecule has 0 amide bonds. The van der Waals surface area contributed by atoms with Gasteiger partial charge in [0.05, 0.1) is 5.41 Å². The lowest BCUT2D eigenvalue weighted by molar-refractivity contribution is 0.563. The van der Waals surface area contributed by atoms with Crippen molar-refractivity contribution in [3.8, 4) is 33.4 Å². The van der Waals surface area contributed by atoms with Gasteiger partial charge in [0.15, 0.2) is 0 Å². The van der Waals surface area contributed by atoms with E-state index in [0.717, 1.165) is 17.1 Å². The summed E-state index contributed by atoms with van der Waals surface area (Å²) in [7, 11) is 0. The summed E-state index contributed by atoms with van der Waals surface area (Å²) < 4.78 is 0. The molecule has 1 nitrogen and oxygen atoms in total. The van der Waals surface area contributed by atoms with Gasteiger partial charge in [-0.15, -0.1) is 0 Å². The molecule has 0 saturated carbocycles. The van der Waals surface area contributed by atoms with E-state index in [0.29, 0.717) is 0 Å². The molecule has 0 atom stereocenters. The number of benzene rings is 9. The van der Waals surface area contributed by atoms with Crippen molar-refractivity contribution in [1.29, 1.82) is 0 Å². The highest BCUT2D eigenvalue weighted by Gasteiger charge is 2.53. The fourth-order valence-corrected chi connectivity index (χ4v) is 10.1. The molecule has 0 unspecified atom stereocenters. The third kappa shape index (κ3) is 5.02. The van der Waals surface area contributed by atoms with Crippen LogP contribution < -0.4 is 4.90 Å². The molecule has 0 bridgehead atoms. The van der Waals surface area contributed by atoms with Crippen molar-refractivity contribution in [3.63, 3.8) is 0 Å². The van der Waals surface area contributed by atoms with Crippen LogP contribution in [0.1, 0.15) is 47.2 Å². The van der Waals surface area contributed by atoms with E-state index in [-0.39, 0.29) is 5.41 Å². The molecule has 0 heterocycles. The topological polar surface area (TPSA) is 3.24 Å². The SMILES string of the molecule is CC1(C)c2ccccc2C2(c3ccccc3-c3ccc(-c4ccc(-c5cccc(N(c6ccccc6)c6ccc7ccccc7c6)c5)cc4)cc32)c2ccccc21. The van der Waals surface area contributed by atoms with Gasteiger partial charge in [-0.1, -0.05) is 184 Å². The van der Waals surface area contributed by atoms with Gasteiger partial charge < -0.3 is 4.90 Å². The van der Waals surface area contributed by atoms with Crippen LogP contribution in [0.2, 0.25) is 0 Å². The maximum absolute atomic E-state index is 2.48. The number of rotatable bonds is 5. The minimum atomic E-state index is -0.402. The largest absolute Gasteiger partial charge is 0.310 e. The first-order valence-corrected chi connectivity index (χ1v) is 20.0. The molecule has 0 N–H and O–H groups in total. The fourth-order valence-electron chi connectivity index (χ4n) is 10.1. The molecule has 0 aromatic heterocycles. The molecule has 9 aromatic carbocycles. The predicted octanol–water partition coefficient (Wildman–Crippen LogP) is 14.6. The minimum Gasteiger partial charge on any atom is -0.310 e. The van der Waals surface area contributed by atoms with Gasteiger partial charge in [-0.25, -0.2) is 0 Å². The van der Waals surface area contributed by atoms with E-state index < -0.39 is 5.41 Å². The zero-order valence-corrected chi connectivity index (χ0v) is 32.2. The third-order valence-electron chi connectivity index (χ3n) is 12.7. The summed E-state index contributed by atoms with van der Waals surface area (Å²) in [5.74, 6) is 0. The van der Waals surface area contributed by atoms with Crippen molar-refractivity contribution < 1.29 is 0 Å². The van der Waals surface area contributed by atoms with E-state index in [1.165, 1.54) is 77.5 Å². The molecule has 0 fully saturated rings. The Hall–Kier alpha value is -6.96. The smallest absolute Gasteiger partial charge is 0.0719 e. The van der Waals surface area contributed by atoms with E-state index in [9.17, 15) is 0 Å². The van der Waals surface area contributed by atoms with E-state index in [1.807, 2.05) is 0 Å². The Morgan fingerprint density at radius 2 is 0.807 bits per heavy atom. The Morgan fingerprint density at radius 3 is 1.51 bits per heavy atom. The summed E-state index contributed by atoms with van der Waals surface area (Å²) >= 11 is 0. The fraction of sp³-hybridized carbons (Fsp3) is 0.0714. The molecule has 0 radical (unpaired) electrons. The Balaban J connectivity index is 1.01. The lowest BCUT2D eigenvalue weighted by atomic mass is 9.55. The maximum atomic E-state index is 2.48. The number of anilines is 3. The summed E-state index contributed by atoms with van der Waals surface area (Å²) in [6.45, 7) is 4.77. The molecule has 0 saturated heterocycles. The first-order chi connectivity index (χ1) is 28.0. The number of hydrogen-bond donors (Lipinski definition) is 0. The van der Waals surface area contributed by atoms with Gasteiger partial charge in [0, 0.05) is 22.5 Å². The zero-order valence-electron chi connectivity index (χ0n) is 32.2. The lowest BCUT2D eigenvalue weighted by Gasteiger charge is -2.46. The van der Waals surface area contributed by atoms with Crippen molar-refractivity contribution in [2.24, 2.45) is 0 Å². The maximum Gasteiger partial charge on any atom is 0.0719 e. The molecule has 11 rings (SSSR count). The van der Waals surface area contributed by atoms with Crippen molar-refractivity contribution in [2.45, 2.75) is 24.7 Å². The molecule has 270 valence electrons. The summed E-state index contributed by atoms with van der Waals surface area (Å²) in [4.78, 5) is 2.35. The van der Waals surface area contributed by atoms with Crippen LogP contribution in [0.3, 0.4) is 0 Å². The molecule has 57 heavy (non-hydrogen) atoms. The molecule has 1 spiro atoms. The van der Waals surface area contributed by atoms with E-state index in [4.69, 9.17) is 0 Å². The highest BCUT2D eigenvalue weighted by molar-refractivity contribution is 5.92. The van der Waals surface area contributed by atoms with Crippen molar-refractivity contribution in [2.75, 3.05) is 4.90 Å². The second-order valence-corrected chi connectivity index (χ2v) is 16.1. The van der Waals surface area contributed by atoms with E-state index >= 15 is 0 Å².